The predicted molar refractivity (Wildman–Crippen MR) is 59.5 cm³/mol. The van der Waals surface area contributed by atoms with Crippen molar-refractivity contribution in [2.75, 3.05) is 0 Å². The molecule has 3 heteroatoms. The zero-order valence-corrected chi connectivity index (χ0v) is 15.2. The Labute approximate surface area is 144 Å². The quantitative estimate of drug-likeness (QED) is 0.400. The molecule has 0 aromatic rings. The van der Waals surface area contributed by atoms with E-state index in [1.807, 2.05) is 0 Å². The monoisotopic (exact) mass is 431 g/mol. The van der Waals surface area contributed by atoms with Crippen LogP contribution in [-0.4, -0.2) is 0 Å². The van der Waals surface area contributed by atoms with E-state index in [9.17, 15) is 0 Å². The Balaban J connectivity index is 0.000000853. The third-order valence-corrected chi connectivity index (χ3v) is 3.55. The van der Waals surface area contributed by atoms with E-state index in [1.54, 1.807) is 5.57 Å². The van der Waals surface area contributed by atoms with Crippen LogP contribution in [-0.2, 0) is 26.2 Å². The van der Waals surface area contributed by atoms with Crippen LogP contribution in [0.4, 0.5) is 0 Å². The van der Waals surface area contributed by atoms with Gasteiger partial charge in [-0.3, -0.25) is 0 Å². The average Bonchev–Trinajstić information content (AvgIpc) is 2.86. The zero-order chi connectivity index (χ0) is 9.38. The summed E-state index contributed by atoms with van der Waals surface area (Å²) < 4.78 is 0. The van der Waals surface area contributed by atoms with E-state index in [4.69, 9.17) is 0 Å². The van der Waals surface area contributed by atoms with Crippen LogP contribution in [0.5, 0.6) is 0 Å². The van der Waals surface area contributed by atoms with E-state index in [0.717, 1.165) is 11.8 Å². The summed E-state index contributed by atoms with van der Waals surface area (Å²) >= 11 is 0. The Morgan fingerprint density at radius 1 is 1.06 bits per heavy atom. The maximum Gasteiger partial charge on any atom is 3.00 e. The van der Waals surface area contributed by atoms with E-state index < -0.39 is 0 Å². The molecule has 3 rings (SSSR count). The molecule has 1 fully saturated rings. The Hall–Kier alpha value is 0.803. The van der Waals surface area contributed by atoms with Gasteiger partial charge in [-0.25, -0.2) is 0 Å². The van der Waals surface area contributed by atoms with Crippen molar-refractivity contribution in [2.45, 2.75) is 12.8 Å². The molecule has 3 atom stereocenters. The molecule has 0 spiro atoms. The molecular formula is C14H15Br2Zr. The maximum atomic E-state index is 2.53. The normalized spacial score (nSPS) is 32.0. The number of hydrogen-bond donors (Lipinski definition) is 0. The Morgan fingerprint density at radius 3 is 2.47 bits per heavy atom. The van der Waals surface area contributed by atoms with Crippen LogP contribution in [0.1, 0.15) is 12.8 Å². The topological polar surface area (TPSA) is 0 Å². The summed E-state index contributed by atoms with van der Waals surface area (Å²) in [5, 5.41) is 0. The molecule has 3 aliphatic carbocycles. The minimum absolute atomic E-state index is 0. The van der Waals surface area contributed by atoms with Crippen LogP contribution in [0.25, 0.3) is 0 Å². The molecule has 0 aromatic heterocycles. The summed E-state index contributed by atoms with van der Waals surface area (Å²) in [6, 6.07) is 0. The van der Waals surface area contributed by atoms with Gasteiger partial charge in [0.1, 0.15) is 0 Å². The molecule has 0 bridgehead atoms. The molecule has 89 valence electrons. The fourth-order valence-electron chi connectivity index (χ4n) is 2.77. The first-order valence-electron chi connectivity index (χ1n) is 5.49. The van der Waals surface area contributed by atoms with Gasteiger partial charge in [0.05, 0.1) is 0 Å². The molecule has 0 N–H and O–H groups in total. The fourth-order valence-corrected chi connectivity index (χ4v) is 2.77. The molecule has 0 nitrogen and oxygen atoms in total. The van der Waals surface area contributed by atoms with Crippen LogP contribution >= 0.6 is 0 Å². The van der Waals surface area contributed by atoms with Crippen molar-refractivity contribution in [1.29, 1.82) is 0 Å². The number of allylic oxidation sites excluding steroid dienone is 8. The molecular weight excluding hydrogens is 419 g/mol. The van der Waals surface area contributed by atoms with Crippen LogP contribution in [0.2, 0.25) is 0 Å². The van der Waals surface area contributed by atoms with Crippen LogP contribution in [0, 0.1) is 24.2 Å². The summed E-state index contributed by atoms with van der Waals surface area (Å²) in [5.41, 5.74) is 1.61. The second-order valence-electron chi connectivity index (χ2n) is 4.42. The molecule has 0 heterocycles. The molecule has 3 unspecified atom stereocenters. The van der Waals surface area contributed by atoms with Gasteiger partial charge in [0, 0.05) is 0 Å². The maximum absolute atomic E-state index is 2.53. The standard InChI is InChI=1S/C14H15.2BrH.Zr/c1-2-6-11(5-1)14-9-12-7-3-4-8-13(12)10-14;;;/h1-5,7-9,12-14H,6,10H2;2*1H;/q-1;;;+3/p-2. The van der Waals surface area contributed by atoms with E-state index in [2.05, 4.69) is 49.0 Å². The van der Waals surface area contributed by atoms with Gasteiger partial charge < -0.3 is 40.4 Å². The van der Waals surface area contributed by atoms with Crippen molar-refractivity contribution in [3.8, 4) is 0 Å². The predicted octanol–water partition coefficient (Wildman–Crippen LogP) is -2.54. The second-order valence-corrected chi connectivity index (χ2v) is 4.42. The van der Waals surface area contributed by atoms with Gasteiger partial charge in [0.25, 0.3) is 0 Å². The van der Waals surface area contributed by atoms with Gasteiger partial charge >= 0.3 is 26.2 Å². The number of fused-ring (bicyclic) bond motifs is 1. The molecule has 0 aliphatic heterocycles. The molecule has 0 aromatic carbocycles. The molecule has 0 amide bonds. The fraction of sp³-hybridized carbons (Fsp3) is 0.357. The van der Waals surface area contributed by atoms with Crippen molar-refractivity contribution in [3.63, 3.8) is 0 Å². The summed E-state index contributed by atoms with van der Waals surface area (Å²) in [5.74, 6) is 2.20. The average molecular weight is 434 g/mol. The third-order valence-electron chi connectivity index (χ3n) is 3.55. The number of rotatable bonds is 1. The van der Waals surface area contributed by atoms with Crippen molar-refractivity contribution >= 4 is 0 Å². The second kappa shape index (κ2) is 8.07. The first-order chi connectivity index (χ1) is 6.93. The number of hydrogen-bond acceptors (Lipinski definition) is 0. The first kappa shape index (κ1) is 17.8. The summed E-state index contributed by atoms with van der Waals surface area (Å²) in [7, 11) is 0. The van der Waals surface area contributed by atoms with Gasteiger partial charge in [0.2, 0.25) is 0 Å². The van der Waals surface area contributed by atoms with Gasteiger partial charge in [-0.1, -0.05) is 48.5 Å². The van der Waals surface area contributed by atoms with Crippen molar-refractivity contribution in [2.24, 2.45) is 17.8 Å². The summed E-state index contributed by atoms with van der Waals surface area (Å²) in [4.78, 5) is 0. The minimum Gasteiger partial charge on any atom is -1.00 e. The minimum atomic E-state index is 0. The van der Waals surface area contributed by atoms with Gasteiger partial charge in [-0.2, -0.15) is 0 Å². The Bertz CT molecular complexity index is 335. The van der Waals surface area contributed by atoms with E-state index in [0.29, 0.717) is 5.92 Å². The zero-order valence-electron chi connectivity index (χ0n) is 9.52. The van der Waals surface area contributed by atoms with E-state index in [1.165, 1.54) is 12.8 Å². The van der Waals surface area contributed by atoms with Crippen molar-refractivity contribution in [1.82, 2.24) is 0 Å². The van der Waals surface area contributed by atoms with Crippen LogP contribution < -0.4 is 34.0 Å². The Morgan fingerprint density at radius 2 is 1.82 bits per heavy atom. The van der Waals surface area contributed by atoms with E-state index >= 15 is 0 Å². The largest absolute Gasteiger partial charge is 3.00 e. The van der Waals surface area contributed by atoms with Crippen molar-refractivity contribution in [3.05, 3.63) is 54.5 Å². The first-order valence-corrected chi connectivity index (χ1v) is 5.49. The summed E-state index contributed by atoms with van der Waals surface area (Å²) in [6.45, 7) is 0. The smallest absolute Gasteiger partial charge is 1.00 e. The van der Waals surface area contributed by atoms with Gasteiger partial charge in [-0.05, 0) is 12.3 Å². The molecule has 1 radical (unpaired) electrons. The molecule has 3 aliphatic rings. The van der Waals surface area contributed by atoms with Crippen molar-refractivity contribution < 1.29 is 60.2 Å². The van der Waals surface area contributed by atoms with Crippen LogP contribution in [0.15, 0.2) is 48.1 Å². The van der Waals surface area contributed by atoms with Gasteiger partial charge in [0.15, 0.2) is 0 Å². The van der Waals surface area contributed by atoms with Crippen LogP contribution in [0.3, 0.4) is 0 Å². The SMILES string of the molecule is C1=CCC(C2[CH-]C3C=CC=CC3C2)=C1.[Br-].[Br-].[Zr+3]. The third kappa shape index (κ3) is 3.88. The molecule has 17 heavy (non-hydrogen) atoms. The number of halogens is 2. The summed E-state index contributed by atoms with van der Waals surface area (Å²) in [6.07, 6.45) is 20.9. The Kier molecular flexibility index (Phi) is 8.45. The molecule has 1 saturated carbocycles. The molecule has 0 saturated heterocycles. The van der Waals surface area contributed by atoms with E-state index in [-0.39, 0.29) is 60.2 Å². The van der Waals surface area contributed by atoms with Gasteiger partial charge in [-0.15, -0.1) is 17.9 Å².